The van der Waals surface area contributed by atoms with E-state index >= 15 is 0 Å². The molecule has 0 aromatic carbocycles. The van der Waals surface area contributed by atoms with Crippen molar-refractivity contribution in [1.29, 1.82) is 0 Å². The highest BCUT2D eigenvalue weighted by Gasteiger charge is 2.30. The molecule has 1 fully saturated rings. The average molecular weight is 222 g/mol. The second-order valence-corrected chi connectivity index (χ2v) is 5.20. The quantitative estimate of drug-likeness (QED) is 0.738. The van der Waals surface area contributed by atoms with E-state index in [-0.39, 0.29) is 0 Å². The van der Waals surface area contributed by atoms with Gasteiger partial charge in [0.1, 0.15) is 0 Å². The van der Waals surface area contributed by atoms with Crippen LogP contribution in [0.3, 0.4) is 0 Å². The zero-order chi connectivity index (χ0) is 11.4. The molecule has 0 spiro atoms. The number of piperazine rings is 1. The molecule has 1 saturated heterocycles. The highest BCUT2D eigenvalue weighted by molar-refractivity contribution is 5.02. The summed E-state index contributed by atoms with van der Waals surface area (Å²) in [6, 6.07) is 2.17. The molecule has 1 heterocycles. The molecule has 1 N–H and O–H groups in total. The Morgan fingerprint density at radius 2 is 2.19 bits per heavy atom. The molecule has 3 unspecified atom stereocenters. The molecule has 0 aromatic rings. The third-order valence-corrected chi connectivity index (χ3v) is 4.16. The molecule has 0 bridgehead atoms. The molecular weight excluding hydrogens is 196 g/mol. The van der Waals surface area contributed by atoms with E-state index in [0.717, 1.165) is 12.1 Å². The predicted molar refractivity (Wildman–Crippen MR) is 69.6 cm³/mol. The van der Waals surface area contributed by atoms with Crippen LogP contribution < -0.4 is 5.32 Å². The molecule has 2 rings (SSSR count). The van der Waals surface area contributed by atoms with E-state index in [0.29, 0.717) is 6.04 Å². The summed E-state index contributed by atoms with van der Waals surface area (Å²) in [7, 11) is 0. The Morgan fingerprint density at radius 3 is 2.81 bits per heavy atom. The maximum Gasteiger partial charge on any atom is 0.0282 e. The van der Waals surface area contributed by atoms with E-state index in [1.165, 1.54) is 45.2 Å². The molecule has 2 nitrogen and oxygen atoms in total. The summed E-state index contributed by atoms with van der Waals surface area (Å²) in [5.74, 6) is 0. The molecule has 3 atom stereocenters. The SMILES string of the molecule is CCC1CN(C2C=CCCC2)C(CC)CN1. The summed E-state index contributed by atoms with van der Waals surface area (Å²) in [4.78, 5) is 2.75. The van der Waals surface area contributed by atoms with Gasteiger partial charge in [0.15, 0.2) is 0 Å². The van der Waals surface area contributed by atoms with Crippen molar-refractivity contribution in [2.24, 2.45) is 0 Å². The summed E-state index contributed by atoms with van der Waals surface area (Å²) < 4.78 is 0. The molecule has 1 aliphatic carbocycles. The molecule has 16 heavy (non-hydrogen) atoms. The number of hydrogen-bond acceptors (Lipinski definition) is 2. The molecule has 2 heteroatoms. The highest BCUT2D eigenvalue weighted by Crippen LogP contribution is 2.22. The molecule has 0 amide bonds. The van der Waals surface area contributed by atoms with Gasteiger partial charge in [-0.25, -0.2) is 0 Å². The molecule has 0 radical (unpaired) electrons. The average Bonchev–Trinajstić information content (AvgIpc) is 2.39. The molecule has 1 aliphatic heterocycles. The van der Waals surface area contributed by atoms with Crippen molar-refractivity contribution in [1.82, 2.24) is 10.2 Å². The van der Waals surface area contributed by atoms with Crippen LogP contribution in [0.1, 0.15) is 46.0 Å². The standard InChI is InChI=1S/C14H26N2/c1-3-12-11-16(13(4-2)10-15-12)14-8-6-5-7-9-14/h6,8,12-15H,3-5,7,9-11H2,1-2H3. The Balaban J connectivity index is 2.01. The van der Waals surface area contributed by atoms with Gasteiger partial charge in [0.05, 0.1) is 0 Å². The molecule has 92 valence electrons. The monoisotopic (exact) mass is 222 g/mol. The van der Waals surface area contributed by atoms with E-state index in [1.807, 2.05) is 0 Å². The van der Waals surface area contributed by atoms with Crippen molar-refractivity contribution in [3.8, 4) is 0 Å². The van der Waals surface area contributed by atoms with Gasteiger partial charge in [-0.3, -0.25) is 4.90 Å². The smallest absolute Gasteiger partial charge is 0.0282 e. The number of allylic oxidation sites excluding steroid dienone is 1. The summed E-state index contributed by atoms with van der Waals surface area (Å²) in [5.41, 5.74) is 0. The van der Waals surface area contributed by atoms with Crippen molar-refractivity contribution in [3.63, 3.8) is 0 Å². The van der Waals surface area contributed by atoms with Crippen molar-refractivity contribution in [2.75, 3.05) is 13.1 Å². The van der Waals surface area contributed by atoms with Crippen LogP contribution in [-0.4, -0.2) is 36.1 Å². The molecule has 0 saturated carbocycles. The van der Waals surface area contributed by atoms with Crippen LogP contribution in [0.2, 0.25) is 0 Å². The van der Waals surface area contributed by atoms with Gasteiger partial charge in [0, 0.05) is 31.2 Å². The van der Waals surface area contributed by atoms with E-state index in [1.54, 1.807) is 0 Å². The number of nitrogens with one attached hydrogen (secondary N) is 1. The summed E-state index contributed by atoms with van der Waals surface area (Å²) in [5, 5.41) is 3.67. The van der Waals surface area contributed by atoms with Crippen molar-refractivity contribution >= 4 is 0 Å². The zero-order valence-corrected chi connectivity index (χ0v) is 10.8. The Hall–Kier alpha value is -0.340. The lowest BCUT2D eigenvalue weighted by molar-refractivity contribution is 0.0905. The number of nitrogens with zero attached hydrogens (tertiary/aromatic N) is 1. The fourth-order valence-electron chi connectivity index (χ4n) is 3.02. The largest absolute Gasteiger partial charge is 0.311 e. The topological polar surface area (TPSA) is 15.3 Å². The Bertz CT molecular complexity index is 237. The van der Waals surface area contributed by atoms with Gasteiger partial charge in [-0.15, -0.1) is 0 Å². The Morgan fingerprint density at radius 1 is 1.31 bits per heavy atom. The van der Waals surface area contributed by atoms with Crippen molar-refractivity contribution < 1.29 is 0 Å². The fourth-order valence-corrected chi connectivity index (χ4v) is 3.02. The van der Waals surface area contributed by atoms with Gasteiger partial charge in [-0.1, -0.05) is 26.0 Å². The first-order valence-electron chi connectivity index (χ1n) is 7.01. The lowest BCUT2D eigenvalue weighted by Gasteiger charge is -2.44. The van der Waals surface area contributed by atoms with Crippen LogP contribution >= 0.6 is 0 Å². The van der Waals surface area contributed by atoms with Crippen LogP contribution in [0.4, 0.5) is 0 Å². The van der Waals surface area contributed by atoms with Gasteiger partial charge in [-0.05, 0) is 32.1 Å². The van der Waals surface area contributed by atoms with Crippen LogP contribution in [-0.2, 0) is 0 Å². The zero-order valence-electron chi connectivity index (χ0n) is 10.8. The van der Waals surface area contributed by atoms with E-state index in [2.05, 4.69) is 36.2 Å². The summed E-state index contributed by atoms with van der Waals surface area (Å²) in [6.07, 6.45) is 11.4. The Kier molecular flexibility index (Phi) is 4.42. The minimum atomic E-state index is 0.707. The predicted octanol–water partition coefficient (Wildman–Crippen LogP) is 2.56. The van der Waals surface area contributed by atoms with Crippen LogP contribution in [0.15, 0.2) is 12.2 Å². The van der Waals surface area contributed by atoms with E-state index in [9.17, 15) is 0 Å². The third-order valence-electron chi connectivity index (χ3n) is 4.16. The molecule has 0 aromatic heterocycles. The van der Waals surface area contributed by atoms with Crippen LogP contribution in [0.25, 0.3) is 0 Å². The van der Waals surface area contributed by atoms with Crippen LogP contribution in [0.5, 0.6) is 0 Å². The lowest BCUT2D eigenvalue weighted by Crippen LogP contribution is -2.58. The molecular formula is C14H26N2. The molecule has 2 aliphatic rings. The van der Waals surface area contributed by atoms with E-state index in [4.69, 9.17) is 0 Å². The number of hydrogen-bond donors (Lipinski definition) is 1. The second-order valence-electron chi connectivity index (χ2n) is 5.20. The Labute approximate surface area is 100 Å². The maximum absolute atomic E-state index is 3.67. The second kappa shape index (κ2) is 5.83. The van der Waals surface area contributed by atoms with Gasteiger partial charge in [0.25, 0.3) is 0 Å². The summed E-state index contributed by atoms with van der Waals surface area (Å²) in [6.45, 7) is 7.03. The first kappa shape index (κ1) is 12.1. The minimum Gasteiger partial charge on any atom is -0.311 e. The van der Waals surface area contributed by atoms with Gasteiger partial charge < -0.3 is 5.32 Å². The minimum absolute atomic E-state index is 0.707. The van der Waals surface area contributed by atoms with E-state index < -0.39 is 0 Å². The van der Waals surface area contributed by atoms with Crippen LogP contribution in [0, 0.1) is 0 Å². The van der Waals surface area contributed by atoms with Crippen molar-refractivity contribution in [3.05, 3.63) is 12.2 Å². The normalized spacial score (nSPS) is 36.5. The number of rotatable bonds is 3. The van der Waals surface area contributed by atoms with Crippen molar-refractivity contribution in [2.45, 2.75) is 64.1 Å². The lowest BCUT2D eigenvalue weighted by atomic mass is 9.96. The third kappa shape index (κ3) is 2.67. The van der Waals surface area contributed by atoms with Gasteiger partial charge in [0.2, 0.25) is 0 Å². The highest BCUT2D eigenvalue weighted by atomic mass is 15.3. The fraction of sp³-hybridized carbons (Fsp3) is 0.857. The van der Waals surface area contributed by atoms with Gasteiger partial charge in [-0.2, -0.15) is 0 Å². The van der Waals surface area contributed by atoms with Gasteiger partial charge >= 0.3 is 0 Å². The maximum atomic E-state index is 3.67. The first-order chi connectivity index (χ1) is 7.85. The first-order valence-corrected chi connectivity index (χ1v) is 7.01. The summed E-state index contributed by atoms with van der Waals surface area (Å²) >= 11 is 0.